The maximum absolute atomic E-state index is 5.44. The quantitative estimate of drug-likeness (QED) is 0.810. The number of anilines is 2. The third-order valence-electron chi connectivity index (χ3n) is 2.69. The first-order chi connectivity index (χ1) is 7.81. The summed E-state index contributed by atoms with van der Waals surface area (Å²) in [6, 6.07) is 0. The summed E-state index contributed by atoms with van der Waals surface area (Å²) >= 11 is 0. The number of hydrogen-bond acceptors (Lipinski definition) is 5. The van der Waals surface area contributed by atoms with E-state index in [1.54, 1.807) is 0 Å². The summed E-state index contributed by atoms with van der Waals surface area (Å²) in [5.74, 6) is 1.69. The molecule has 2 rings (SSSR count). The second kappa shape index (κ2) is 5.12. The molecule has 5 heteroatoms. The van der Waals surface area contributed by atoms with Gasteiger partial charge in [0.05, 0.1) is 6.61 Å². The number of ether oxygens (including phenoxy) is 1. The van der Waals surface area contributed by atoms with Gasteiger partial charge in [-0.25, -0.2) is 4.98 Å². The van der Waals surface area contributed by atoms with Crippen molar-refractivity contribution >= 4 is 11.8 Å². The molecule has 1 saturated heterocycles. The number of hydrogen-bond donors (Lipinski definition) is 1. The van der Waals surface area contributed by atoms with E-state index in [1.807, 2.05) is 20.2 Å². The highest BCUT2D eigenvalue weighted by molar-refractivity contribution is 5.48. The Kier molecular flexibility index (Phi) is 3.56. The minimum absolute atomic E-state index is 0.672. The molecular formula is C11H18N4O. The Bertz CT molecular complexity index is 348. The van der Waals surface area contributed by atoms with E-state index in [0.29, 0.717) is 5.95 Å². The van der Waals surface area contributed by atoms with Crippen molar-refractivity contribution < 1.29 is 4.74 Å². The minimum Gasteiger partial charge on any atom is -0.380 e. The third kappa shape index (κ3) is 2.41. The zero-order chi connectivity index (χ0) is 11.4. The largest absolute Gasteiger partial charge is 0.380 e. The molecule has 0 amide bonds. The topological polar surface area (TPSA) is 50.3 Å². The molecule has 1 aromatic heterocycles. The van der Waals surface area contributed by atoms with Crippen molar-refractivity contribution in [1.29, 1.82) is 0 Å². The van der Waals surface area contributed by atoms with Gasteiger partial charge in [0.25, 0.3) is 0 Å². The highest BCUT2D eigenvalue weighted by Gasteiger charge is 2.14. The molecule has 1 fully saturated rings. The molecule has 0 unspecified atom stereocenters. The van der Waals surface area contributed by atoms with E-state index in [2.05, 4.69) is 20.2 Å². The lowest BCUT2D eigenvalue weighted by Gasteiger charge is -2.22. The van der Waals surface area contributed by atoms with Crippen molar-refractivity contribution in [3.05, 3.63) is 11.8 Å². The van der Waals surface area contributed by atoms with Crippen molar-refractivity contribution in [2.24, 2.45) is 0 Å². The number of nitrogens with zero attached hydrogens (tertiary/aromatic N) is 3. The van der Waals surface area contributed by atoms with E-state index in [-0.39, 0.29) is 0 Å². The molecule has 1 N–H and O–H groups in total. The highest BCUT2D eigenvalue weighted by Crippen LogP contribution is 2.18. The van der Waals surface area contributed by atoms with Crippen LogP contribution in [0.3, 0.4) is 0 Å². The fraction of sp³-hybridized carbons (Fsp3) is 0.636. The summed E-state index contributed by atoms with van der Waals surface area (Å²) in [5.41, 5.74) is 1.11. The monoisotopic (exact) mass is 222 g/mol. The zero-order valence-corrected chi connectivity index (χ0v) is 9.86. The predicted octanol–water partition coefficient (Wildman–Crippen LogP) is 1.05. The first kappa shape index (κ1) is 11.1. The molecule has 5 nitrogen and oxygen atoms in total. The summed E-state index contributed by atoms with van der Waals surface area (Å²) in [5, 5.41) is 2.97. The van der Waals surface area contributed by atoms with Gasteiger partial charge in [0.15, 0.2) is 0 Å². The fourth-order valence-electron chi connectivity index (χ4n) is 1.83. The van der Waals surface area contributed by atoms with Gasteiger partial charge in [0.1, 0.15) is 5.82 Å². The van der Waals surface area contributed by atoms with Crippen LogP contribution in [0.4, 0.5) is 11.8 Å². The van der Waals surface area contributed by atoms with E-state index in [0.717, 1.165) is 44.1 Å². The van der Waals surface area contributed by atoms with Gasteiger partial charge in [-0.15, -0.1) is 0 Å². The van der Waals surface area contributed by atoms with E-state index in [9.17, 15) is 0 Å². The summed E-state index contributed by atoms with van der Waals surface area (Å²) < 4.78 is 5.44. The first-order valence-corrected chi connectivity index (χ1v) is 5.65. The molecule has 0 spiro atoms. The number of rotatable bonds is 2. The number of aromatic nitrogens is 2. The van der Waals surface area contributed by atoms with Crippen LogP contribution in [0.2, 0.25) is 0 Å². The second-order valence-corrected chi connectivity index (χ2v) is 3.90. The third-order valence-corrected chi connectivity index (χ3v) is 2.69. The van der Waals surface area contributed by atoms with Crippen LogP contribution in [0, 0.1) is 6.92 Å². The molecule has 88 valence electrons. The molecule has 1 aromatic rings. The second-order valence-electron chi connectivity index (χ2n) is 3.90. The molecule has 1 aliphatic rings. The van der Waals surface area contributed by atoms with Crippen molar-refractivity contribution in [2.75, 3.05) is 43.6 Å². The van der Waals surface area contributed by atoms with Gasteiger partial charge in [-0.1, -0.05) is 0 Å². The van der Waals surface area contributed by atoms with Crippen LogP contribution in [0.15, 0.2) is 6.20 Å². The maximum atomic E-state index is 5.44. The Morgan fingerprint density at radius 1 is 1.38 bits per heavy atom. The normalized spacial score (nSPS) is 17.0. The van der Waals surface area contributed by atoms with Gasteiger partial charge >= 0.3 is 0 Å². The van der Waals surface area contributed by atoms with Crippen LogP contribution in [-0.4, -0.2) is 43.3 Å². The first-order valence-electron chi connectivity index (χ1n) is 5.65. The van der Waals surface area contributed by atoms with Gasteiger partial charge in [0.2, 0.25) is 5.95 Å². The molecule has 0 saturated carbocycles. The summed E-state index contributed by atoms with van der Waals surface area (Å²) in [6.45, 7) is 5.57. The molecule has 2 heterocycles. The molecule has 1 aliphatic heterocycles. The average molecular weight is 222 g/mol. The summed E-state index contributed by atoms with van der Waals surface area (Å²) in [4.78, 5) is 11.0. The van der Waals surface area contributed by atoms with Crippen LogP contribution in [0.25, 0.3) is 0 Å². The van der Waals surface area contributed by atoms with Crippen molar-refractivity contribution in [3.63, 3.8) is 0 Å². The SMILES string of the molecule is CNc1ncc(C)c(N2CCCOCC2)n1. The smallest absolute Gasteiger partial charge is 0.224 e. The van der Waals surface area contributed by atoms with Crippen LogP contribution in [0.5, 0.6) is 0 Å². The summed E-state index contributed by atoms with van der Waals surface area (Å²) in [7, 11) is 1.83. The van der Waals surface area contributed by atoms with E-state index < -0.39 is 0 Å². The van der Waals surface area contributed by atoms with Crippen LogP contribution < -0.4 is 10.2 Å². The van der Waals surface area contributed by atoms with Gasteiger partial charge in [0, 0.05) is 38.5 Å². The van der Waals surface area contributed by atoms with Crippen LogP contribution in [0.1, 0.15) is 12.0 Å². The van der Waals surface area contributed by atoms with Gasteiger partial charge < -0.3 is 15.0 Å². The Labute approximate surface area is 95.8 Å². The van der Waals surface area contributed by atoms with Crippen molar-refractivity contribution in [3.8, 4) is 0 Å². The van der Waals surface area contributed by atoms with Crippen molar-refractivity contribution in [2.45, 2.75) is 13.3 Å². The van der Waals surface area contributed by atoms with Crippen LogP contribution >= 0.6 is 0 Å². The lowest BCUT2D eigenvalue weighted by atomic mass is 10.3. The molecule has 16 heavy (non-hydrogen) atoms. The lowest BCUT2D eigenvalue weighted by Crippen LogP contribution is -2.28. The maximum Gasteiger partial charge on any atom is 0.224 e. The molecular weight excluding hydrogens is 204 g/mol. The van der Waals surface area contributed by atoms with Gasteiger partial charge in [-0.3, -0.25) is 0 Å². The van der Waals surface area contributed by atoms with Crippen LogP contribution in [-0.2, 0) is 4.74 Å². The lowest BCUT2D eigenvalue weighted by molar-refractivity contribution is 0.152. The molecule has 0 radical (unpaired) electrons. The molecule has 0 aliphatic carbocycles. The molecule has 0 bridgehead atoms. The minimum atomic E-state index is 0.672. The molecule has 0 atom stereocenters. The molecule has 0 aromatic carbocycles. The summed E-state index contributed by atoms with van der Waals surface area (Å²) in [6.07, 6.45) is 2.91. The fourth-order valence-corrected chi connectivity index (χ4v) is 1.83. The van der Waals surface area contributed by atoms with E-state index in [4.69, 9.17) is 4.74 Å². The average Bonchev–Trinajstić information content (AvgIpc) is 2.58. The number of nitrogens with one attached hydrogen (secondary N) is 1. The van der Waals surface area contributed by atoms with E-state index >= 15 is 0 Å². The van der Waals surface area contributed by atoms with Gasteiger partial charge in [-0.2, -0.15) is 4.98 Å². The Morgan fingerprint density at radius 3 is 3.06 bits per heavy atom. The van der Waals surface area contributed by atoms with E-state index in [1.165, 1.54) is 0 Å². The van der Waals surface area contributed by atoms with Crippen molar-refractivity contribution in [1.82, 2.24) is 9.97 Å². The highest BCUT2D eigenvalue weighted by atomic mass is 16.5. The Hall–Kier alpha value is -1.36. The van der Waals surface area contributed by atoms with Gasteiger partial charge in [-0.05, 0) is 13.3 Å². The zero-order valence-electron chi connectivity index (χ0n) is 9.86. The Balaban J connectivity index is 2.22. The standard InChI is InChI=1S/C11H18N4O/c1-9-8-13-11(12-2)14-10(9)15-4-3-6-16-7-5-15/h8H,3-7H2,1-2H3,(H,12,13,14). The Morgan fingerprint density at radius 2 is 2.25 bits per heavy atom. The predicted molar refractivity (Wildman–Crippen MR) is 64.0 cm³/mol. The number of aryl methyl sites for hydroxylation is 1.